The lowest BCUT2D eigenvalue weighted by Gasteiger charge is -2.27. The summed E-state index contributed by atoms with van der Waals surface area (Å²) in [5.74, 6) is -2.02. The van der Waals surface area contributed by atoms with Crippen LogP contribution < -0.4 is 10.6 Å². The number of hydrogen-bond donors (Lipinski definition) is 3. The minimum Gasteiger partial charge on any atom is -0.480 e. The summed E-state index contributed by atoms with van der Waals surface area (Å²) in [4.78, 5) is 36.2. The average Bonchev–Trinajstić information content (AvgIpc) is 2.67. The van der Waals surface area contributed by atoms with Gasteiger partial charge in [0.15, 0.2) is 0 Å². The lowest BCUT2D eigenvalue weighted by molar-refractivity contribution is -0.143. The number of amides is 2. The van der Waals surface area contributed by atoms with E-state index in [2.05, 4.69) is 10.6 Å². The van der Waals surface area contributed by atoms with Crippen LogP contribution in [0.15, 0.2) is 30.3 Å². The second-order valence-electron chi connectivity index (χ2n) is 6.78. The Hall–Kier alpha value is -2.57. The van der Waals surface area contributed by atoms with Crippen LogP contribution in [0, 0.1) is 11.8 Å². The minimum atomic E-state index is -1.09. The number of alkyl carbamates (subject to hydrolysis) is 1. The van der Waals surface area contributed by atoms with Gasteiger partial charge in [-0.2, -0.15) is 0 Å². The molecule has 3 N–H and O–H groups in total. The molecule has 150 valence electrons. The van der Waals surface area contributed by atoms with Crippen LogP contribution in [0.5, 0.6) is 0 Å². The first-order valence-corrected chi connectivity index (χ1v) is 9.30. The van der Waals surface area contributed by atoms with Gasteiger partial charge in [0.1, 0.15) is 18.7 Å². The van der Waals surface area contributed by atoms with Gasteiger partial charge in [0, 0.05) is 0 Å². The molecule has 0 saturated heterocycles. The molecule has 0 bridgehead atoms. The molecule has 0 heterocycles. The van der Waals surface area contributed by atoms with Crippen molar-refractivity contribution in [2.24, 2.45) is 11.8 Å². The van der Waals surface area contributed by atoms with Gasteiger partial charge < -0.3 is 20.5 Å². The second-order valence-corrected chi connectivity index (χ2v) is 6.78. The summed E-state index contributed by atoms with van der Waals surface area (Å²) in [5, 5.41) is 14.5. The first-order chi connectivity index (χ1) is 12.8. The highest BCUT2D eigenvalue weighted by Crippen LogP contribution is 2.12. The molecule has 0 spiro atoms. The van der Waals surface area contributed by atoms with Gasteiger partial charge in [-0.3, -0.25) is 4.79 Å². The van der Waals surface area contributed by atoms with E-state index in [1.54, 1.807) is 6.92 Å². The molecule has 1 rings (SSSR count). The maximum absolute atomic E-state index is 12.6. The number of carbonyl (C=O) groups is 3. The number of benzene rings is 1. The van der Waals surface area contributed by atoms with Gasteiger partial charge in [-0.15, -0.1) is 0 Å². The van der Waals surface area contributed by atoms with Crippen molar-refractivity contribution in [2.75, 3.05) is 0 Å². The lowest BCUT2D eigenvalue weighted by Crippen LogP contribution is -2.55. The number of carboxylic acid groups (broad SMARTS) is 1. The second kappa shape index (κ2) is 11.2. The Bertz CT molecular complexity index is 620. The third kappa shape index (κ3) is 7.29. The summed E-state index contributed by atoms with van der Waals surface area (Å²) in [5.41, 5.74) is 0.833. The SMILES string of the molecule is CC[C@@H](C)[C@H](NC(=O)[C@H](NC(=O)OCc1ccccc1)[C@@H](C)CC)C(=O)O. The van der Waals surface area contributed by atoms with Crippen molar-refractivity contribution in [1.82, 2.24) is 10.6 Å². The molecule has 0 aliphatic rings. The summed E-state index contributed by atoms with van der Waals surface area (Å²) in [6.45, 7) is 7.43. The summed E-state index contributed by atoms with van der Waals surface area (Å²) < 4.78 is 5.18. The topological polar surface area (TPSA) is 105 Å². The van der Waals surface area contributed by atoms with Gasteiger partial charge in [0.2, 0.25) is 5.91 Å². The molecule has 7 nitrogen and oxygen atoms in total. The number of hydrogen-bond acceptors (Lipinski definition) is 4. The van der Waals surface area contributed by atoms with Crippen molar-refractivity contribution < 1.29 is 24.2 Å². The zero-order chi connectivity index (χ0) is 20.4. The van der Waals surface area contributed by atoms with Crippen LogP contribution in [0.3, 0.4) is 0 Å². The minimum absolute atomic E-state index is 0.0894. The normalized spacial score (nSPS) is 15.1. The third-order valence-electron chi connectivity index (χ3n) is 4.76. The molecule has 0 fully saturated rings. The van der Waals surface area contributed by atoms with E-state index in [0.717, 1.165) is 5.56 Å². The van der Waals surface area contributed by atoms with E-state index in [9.17, 15) is 19.5 Å². The Kier molecular flexibility index (Phi) is 9.33. The molecule has 0 unspecified atom stereocenters. The van der Waals surface area contributed by atoms with E-state index < -0.39 is 30.1 Å². The standard InChI is InChI=1S/C20H30N2O5/c1-5-13(3)16(18(23)21-17(19(24)25)14(4)6-2)22-20(26)27-12-15-10-8-7-9-11-15/h7-11,13-14,16-17H,5-6,12H2,1-4H3,(H,21,23)(H,22,26)(H,24,25)/t13-,14+,16+,17-/m0/s1. The number of carbonyl (C=O) groups excluding carboxylic acids is 2. The molecule has 0 aromatic heterocycles. The molecule has 7 heteroatoms. The number of rotatable bonds is 10. The molecule has 2 amide bonds. The number of ether oxygens (including phenoxy) is 1. The fourth-order valence-corrected chi connectivity index (χ4v) is 2.52. The Morgan fingerprint density at radius 1 is 0.963 bits per heavy atom. The molecular formula is C20H30N2O5. The van der Waals surface area contributed by atoms with Gasteiger partial charge in [-0.05, 0) is 17.4 Å². The molecule has 4 atom stereocenters. The fourth-order valence-electron chi connectivity index (χ4n) is 2.52. The van der Waals surface area contributed by atoms with Gasteiger partial charge in [-0.25, -0.2) is 9.59 Å². The fraction of sp³-hybridized carbons (Fsp3) is 0.550. The highest BCUT2D eigenvalue weighted by molar-refractivity contribution is 5.89. The van der Waals surface area contributed by atoms with E-state index in [1.807, 2.05) is 51.1 Å². The van der Waals surface area contributed by atoms with E-state index in [1.165, 1.54) is 0 Å². The van der Waals surface area contributed by atoms with Crippen molar-refractivity contribution in [2.45, 2.75) is 59.2 Å². The van der Waals surface area contributed by atoms with Crippen molar-refractivity contribution in [3.8, 4) is 0 Å². The molecule has 1 aromatic carbocycles. The quantitative estimate of drug-likeness (QED) is 0.581. The van der Waals surface area contributed by atoms with Crippen molar-refractivity contribution in [3.05, 3.63) is 35.9 Å². The van der Waals surface area contributed by atoms with Crippen LogP contribution in [-0.4, -0.2) is 35.2 Å². The Morgan fingerprint density at radius 3 is 2.04 bits per heavy atom. The predicted molar refractivity (Wildman–Crippen MR) is 102 cm³/mol. The molecular weight excluding hydrogens is 348 g/mol. The summed E-state index contributed by atoms with van der Waals surface area (Å²) in [6, 6.07) is 7.33. The van der Waals surface area contributed by atoms with E-state index in [0.29, 0.717) is 12.8 Å². The predicted octanol–water partition coefficient (Wildman–Crippen LogP) is 2.94. The van der Waals surface area contributed by atoms with E-state index >= 15 is 0 Å². The molecule has 0 radical (unpaired) electrons. The largest absolute Gasteiger partial charge is 0.480 e. The van der Waals surface area contributed by atoms with Crippen LogP contribution in [0.25, 0.3) is 0 Å². The lowest BCUT2D eigenvalue weighted by atomic mass is 9.95. The highest BCUT2D eigenvalue weighted by Gasteiger charge is 2.32. The van der Waals surface area contributed by atoms with Gasteiger partial charge >= 0.3 is 12.1 Å². The molecule has 0 aliphatic heterocycles. The van der Waals surface area contributed by atoms with Gasteiger partial charge in [0.05, 0.1) is 0 Å². The number of nitrogens with one attached hydrogen (secondary N) is 2. The van der Waals surface area contributed by atoms with Crippen molar-refractivity contribution >= 4 is 18.0 Å². The van der Waals surface area contributed by atoms with E-state index in [-0.39, 0.29) is 18.4 Å². The van der Waals surface area contributed by atoms with E-state index in [4.69, 9.17) is 4.74 Å². The van der Waals surface area contributed by atoms with Crippen LogP contribution in [0.2, 0.25) is 0 Å². The average molecular weight is 378 g/mol. The van der Waals surface area contributed by atoms with Crippen LogP contribution in [0.4, 0.5) is 4.79 Å². The van der Waals surface area contributed by atoms with Crippen LogP contribution in [0.1, 0.15) is 46.1 Å². The maximum atomic E-state index is 12.6. The van der Waals surface area contributed by atoms with Crippen LogP contribution in [-0.2, 0) is 20.9 Å². The molecule has 0 saturated carbocycles. The van der Waals surface area contributed by atoms with Crippen LogP contribution >= 0.6 is 0 Å². The van der Waals surface area contributed by atoms with Crippen molar-refractivity contribution in [1.29, 1.82) is 0 Å². The first-order valence-electron chi connectivity index (χ1n) is 9.30. The summed E-state index contributed by atoms with van der Waals surface area (Å²) >= 11 is 0. The highest BCUT2D eigenvalue weighted by atomic mass is 16.5. The summed E-state index contributed by atoms with van der Waals surface area (Å²) in [6.07, 6.45) is 0.533. The number of carboxylic acids is 1. The molecule has 1 aromatic rings. The maximum Gasteiger partial charge on any atom is 0.408 e. The van der Waals surface area contributed by atoms with Crippen molar-refractivity contribution in [3.63, 3.8) is 0 Å². The smallest absolute Gasteiger partial charge is 0.408 e. The number of aliphatic carboxylic acids is 1. The van der Waals surface area contributed by atoms with Gasteiger partial charge in [0.25, 0.3) is 0 Å². The monoisotopic (exact) mass is 378 g/mol. The first kappa shape index (κ1) is 22.5. The molecule has 27 heavy (non-hydrogen) atoms. The zero-order valence-corrected chi connectivity index (χ0v) is 16.4. The Morgan fingerprint density at radius 2 is 1.52 bits per heavy atom. The Balaban J connectivity index is 2.74. The Labute approximate surface area is 160 Å². The van der Waals surface area contributed by atoms with Gasteiger partial charge in [-0.1, -0.05) is 70.9 Å². The third-order valence-corrected chi connectivity index (χ3v) is 4.76. The molecule has 0 aliphatic carbocycles. The summed E-state index contributed by atoms with van der Waals surface area (Å²) in [7, 11) is 0. The zero-order valence-electron chi connectivity index (χ0n) is 16.4.